The van der Waals surface area contributed by atoms with Gasteiger partial charge in [0.1, 0.15) is 0 Å². The second kappa shape index (κ2) is 8.89. The van der Waals surface area contributed by atoms with Crippen molar-refractivity contribution in [1.29, 1.82) is 0 Å². The van der Waals surface area contributed by atoms with Gasteiger partial charge < -0.3 is 19.5 Å². The van der Waals surface area contributed by atoms with E-state index in [1.54, 1.807) is 21.3 Å². The molecule has 6 nitrogen and oxygen atoms in total. The van der Waals surface area contributed by atoms with Crippen LogP contribution in [-0.4, -0.2) is 32.2 Å². The molecule has 0 saturated heterocycles. The fourth-order valence-electron chi connectivity index (χ4n) is 2.17. The molecule has 0 amide bonds. The van der Waals surface area contributed by atoms with Gasteiger partial charge in [0.15, 0.2) is 16.6 Å². The van der Waals surface area contributed by atoms with E-state index in [9.17, 15) is 0 Å². The van der Waals surface area contributed by atoms with Gasteiger partial charge in [0, 0.05) is 11.3 Å². The van der Waals surface area contributed by atoms with Crippen LogP contribution >= 0.6 is 12.2 Å². The van der Waals surface area contributed by atoms with Crippen LogP contribution in [0.3, 0.4) is 0 Å². The van der Waals surface area contributed by atoms with Crippen LogP contribution in [-0.2, 0) is 0 Å². The molecule has 0 bridgehead atoms. The average Bonchev–Trinajstić information content (AvgIpc) is 2.65. The minimum atomic E-state index is 0.401. The third kappa shape index (κ3) is 4.84. The van der Waals surface area contributed by atoms with Crippen LogP contribution in [0.15, 0.2) is 47.6 Å². The molecule has 0 aromatic heterocycles. The van der Waals surface area contributed by atoms with Crippen LogP contribution in [0.2, 0.25) is 0 Å². The normalized spacial score (nSPS) is 10.8. The Kier molecular flexibility index (Phi) is 6.59. The number of nitrogens with zero attached hydrogens (tertiary/aromatic N) is 1. The van der Waals surface area contributed by atoms with Crippen molar-refractivity contribution in [3.05, 3.63) is 48.0 Å². The van der Waals surface area contributed by atoms with Crippen molar-refractivity contribution < 1.29 is 14.2 Å². The first-order valence-corrected chi connectivity index (χ1v) is 7.96. The Morgan fingerprint density at radius 3 is 2.08 bits per heavy atom. The maximum absolute atomic E-state index is 5.36. The Morgan fingerprint density at radius 1 is 0.960 bits per heavy atom. The van der Waals surface area contributed by atoms with E-state index in [0.29, 0.717) is 22.4 Å². The molecule has 0 spiro atoms. The Balaban J connectivity index is 2.15. The van der Waals surface area contributed by atoms with Gasteiger partial charge >= 0.3 is 0 Å². The SMILES string of the molecule is COc1cc(/C(C)=N/NC(=S)Nc2ccccc2)cc(OC)c1OC. The standard InChI is InChI=1S/C18H21N3O3S/c1-12(20-21-18(25)19-14-8-6-5-7-9-14)13-10-15(22-2)17(24-4)16(11-13)23-3/h5-11H,1-4H3,(H2,19,21,25)/b20-12+. The highest BCUT2D eigenvalue weighted by atomic mass is 32.1. The fourth-order valence-corrected chi connectivity index (χ4v) is 2.33. The zero-order valence-corrected chi connectivity index (χ0v) is 15.4. The summed E-state index contributed by atoms with van der Waals surface area (Å²) in [7, 11) is 4.71. The molecule has 2 rings (SSSR count). The Hall–Kier alpha value is -2.80. The molecule has 0 heterocycles. The molecule has 132 valence electrons. The monoisotopic (exact) mass is 359 g/mol. The summed E-state index contributed by atoms with van der Waals surface area (Å²) in [5.74, 6) is 1.67. The third-order valence-corrected chi connectivity index (χ3v) is 3.63. The first-order valence-electron chi connectivity index (χ1n) is 7.55. The lowest BCUT2D eigenvalue weighted by Gasteiger charge is -2.14. The van der Waals surface area contributed by atoms with E-state index in [0.717, 1.165) is 17.0 Å². The number of hydrogen-bond donors (Lipinski definition) is 2. The number of thiocarbonyl (C=S) groups is 1. The van der Waals surface area contributed by atoms with E-state index in [4.69, 9.17) is 26.4 Å². The van der Waals surface area contributed by atoms with Crippen molar-refractivity contribution in [2.24, 2.45) is 5.10 Å². The van der Waals surface area contributed by atoms with E-state index in [1.807, 2.05) is 49.4 Å². The Morgan fingerprint density at radius 2 is 1.56 bits per heavy atom. The van der Waals surface area contributed by atoms with E-state index in [2.05, 4.69) is 15.8 Å². The van der Waals surface area contributed by atoms with Crippen molar-refractivity contribution in [1.82, 2.24) is 5.43 Å². The van der Waals surface area contributed by atoms with Crippen LogP contribution in [0.25, 0.3) is 0 Å². The Labute approximate surface area is 152 Å². The van der Waals surface area contributed by atoms with Gasteiger partial charge in [0.05, 0.1) is 27.0 Å². The summed E-state index contributed by atoms with van der Waals surface area (Å²) < 4.78 is 16.0. The number of anilines is 1. The van der Waals surface area contributed by atoms with Gasteiger partial charge in [0.2, 0.25) is 5.75 Å². The molecule has 0 saturated carbocycles. The van der Waals surface area contributed by atoms with Crippen molar-refractivity contribution in [2.75, 3.05) is 26.6 Å². The van der Waals surface area contributed by atoms with Crippen molar-refractivity contribution in [3.63, 3.8) is 0 Å². The molecule has 2 N–H and O–H groups in total. The van der Waals surface area contributed by atoms with Crippen molar-refractivity contribution in [3.8, 4) is 17.2 Å². The lowest BCUT2D eigenvalue weighted by Crippen LogP contribution is -2.24. The Bertz CT molecular complexity index is 738. The molecular weight excluding hydrogens is 338 g/mol. The average molecular weight is 359 g/mol. The molecule has 0 aliphatic rings. The molecular formula is C18H21N3O3S. The first kappa shape index (κ1) is 18.5. The smallest absolute Gasteiger partial charge is 0.203 e. The fraction of sp³-hybridized carbons (Fsp3) is 0.222. The third-order valence-electron chi connectivity index (χ3n) is 3.44. The lowest BCUT2D eigenvalue weighted by molar-refractivity contribution is 0.324. The van der Waals surface area contributed by atoms with E-state index in [-0.39, 0.29) is 0 Å². The number of nitrogens with one attached hydrogen (secondary N) is 2. The van der Waals surface area contributed by atoms with E-state index in [1.165, 1.54) is 0 Å². The molecule has 2 aromatic rings. The molecule has 0 unspecified atom stereocenters. The van der Waals surface area contributed by atoms with Gasteiger partial charge in [-0.25, -0.2) is 0 Å². The van der Waals surface area contributed by atoms with Crippen LogP contribution < -0.4 is 25.0 Å². The topological polar surface area (TPSA) is 64.1 Å². The number of rotatable bonds is 6. The lowest BCUT2D eigenvalue weighted by atomic mass is 10.1. The van der Waals surface area contributed by atoms with Gasteiger partial charge in [-0.3, -0.25) is 5.43 Å². The number of hydrazone groups is 1. The van der Waals surface area contributed by atoms with Gasteiger partial charge in [-0.2, -0.15) is 5.10 Å². The highest BCUT2D eigenvalue weighted by molar-refractivity contribution is 7.80. The number of hydrogen-bond acceptors (Lipinski definition) is 5. The second-order valence-corrected chi connectivity index (χ2v) is 5.45. The quantitative estimate of drug-likeness (QED) is 0.468. The summed E-state index contributed by atoms with van der Waals surface area (Å²) in [5.41, 5.74) is 5.26. The second-order valence-electron chi connectivity index (χ2n) is 5.04. The molecule has 0 aliphatic carbocycles. The van der Waals surface area contributed by atoms with Crippen molar-refractivity contribution in [2.45, 2.75) is 6.92 Å². The highest BCUT2D eigenvalue weighted by Gasteiger charge is 2.14. The minimum absolute atomic E-state index is 0.401. The van der Waals surface area contributed by atoms with Gasteiger partial charge in [-0.1, -0.05) is 18.2 Å². The van der Waals surface area contributed by atoms with Gasteiger partial charge in [-0.15, -0.1) is 0 Å². The molecule has 7 heteroatoms. The van der Waals surface area contributed by atoms with Crippen molar-refractivity contribution >= 4 is 28.7 Å². The molecule has 0 radical (unpaired) electrons. The molecule has 0 aliphatic heterocycles. The molecule has 2 aromatic carbocycles. The highest BCUT2D eigenvalue weighted by Crippen LogP contribution is 2.38. The summed E-state index contributed by atoms with van der Waals surface area (Å²) in [6.45, 7) is 1.86. The number of para-hydroxylation sites is 1. The summed E-state index contributed by atoms with van der Waals surface area (Å²) in [5, 5.41) is 7.76. The van der Waals surface area contributed by atoms with Crippen LogP contribution in [0, 0.1) is 0 Å². The summed E-state index contributed by atoms with van der Waals surface area (Å²) in [6.07, 6.45) is 0. The molecule has 0 atom stereocenters. The zero-order valence-electron chi connectivity index (χ0n) is 14.6. The first-order chi connectivity index (χ1) is 12.1. The maximum atomic E-state index is 5.36. The summed E-state index contributed by atoms with van der Waals surface area (Å²) >= 11 is 5.24. The summed E-state index contributed by atoms with van der Waals surface area (Å²) in [6, 6.07) is 13.3. The molecule has 25 heavy (non-hydrogen) atoms. The number of methoxy groups -OCH3 is 3. The van der Waals surface area contributed by atoms with Crippen LogP contribution in [0.4, 0.5) is 5.69 Å². The van der Waals surface area contributed by atoms with E-state index >= 15 is 0 Å². The minimum Gasteiger partial charge on any atom is -0.493 e. The van der Waals surface area contributed by atoms with Crippen LogP contribution in [0.5, 0.6) is 17.2 Å². The predicted molar refractivity (Wildman–Crippen MR) is 104 cm³/mol. The largest absolute Gasteiger partial charge is 0.493 e. The van der Waals surface area contributed by atoms with Crippen LogP contribution in [0.1, 0.15) is 12.5 Å². The predicted octanol–water partition coefficient (Wildman–Crippen LogP) is 3.42. The van der Waals surface area contributed by atoms with Gasteiger partial charge in [-0.05, 0) is 43.4 Å². The molecule has 0 fully saturated rings. The van der Waals surface area contributed by atoms with E-state index < -0.39 is 0 Å². The number of ether oxygens (including phenoxy) is 3. The maximum Gasteiger partial charge on any atom is 0.203 e. The summed E-state index contributed by atoms with van der Waals surface area (Å²) in [4.78, 5) is 0. The van der Waals surface area contributed by atoms with Gasteiger partial charge in [0.25, 0.3) is 0 Å². The number of benzene rings is 2. The zero-order chi connectivity index (χ0) is 18.2.